The van der Waals surface area contributed by atoms with Crippen molar-refractivity contribution < 1.29 is 9.09 Å². The van der Waals surface area contributed by atoms with E-state index in [1.807, 2.05) is 20.9 Å². The van der Waals surface area contributed by atoms with Gasteiger partial charge in [-0.3, -0.25) is 4.57 Å². The second-order valence-corrected chi connectivity index (χ2v) is 4.97. The molecule has 0 radical (unpaired) electrons. The second-order valence-electron chi connectivity index (χ2n) is 2.42. The number of likely N-dealkylation sites (N-methyl/N-ethyl adjacent to an activating group) is 1. The van der Waals surface area contributed by atoms with E-state index in [0.29, 0.717) is 19.3 Å². The number of hydrogen-bond donors (Lipinski definition) is 2. The minimum atomic E-state index is -2.52. The second kappa shape index (κ2) is 6.61. The van der Waals surface area contributed by atoms with Crippen LogP contribution in [0.25, 0.3) is 0 Å². The summed E-state index contributed by atoms with van der Waals surface area (Å²) in [5.74, 6) is 0. The average molecular weight is 194 g/mol. The Morgan fingerprint density at radius 2 is 2.00 bits per heavy atom. The lowest BCUT2D eigenvalue weighted by molar-refractivity contribution is 0.325. The van der Waals surface area contributed by atoms with Gasteiger partial charge in [-0.1, -0.05) is 6.92 Å². The zero-order valence-corrected chi connectivity index (χ0v) is 8.99. The van der Waals surface area contributed by atoms with Crippen LogP contribution in [0.2, 0.25) is 0 Å². The minimum Gasteiger partial charge on any atom is -0.318 e. The molecule has 0 bridgehead atoms. The van der Waals surface area contributed by atoms with Gasteiger partial charge < -0.3 is 9.84 Å². The van der Waals surface area contributed by atoms with Gasteiger partial charge in [0.15, 0.2) is 0 Å². The van der Waals surface area contributed by atoms with Crippen molar-refractivity contribution in [1.82, 2.24) is 10.4 Å². The van der Waals surface area contributed by atoms with Crippen LogP contribution in [-0.2, 0) is 9.09 Å². The number of nitrogens with one attached hydrogen (secondary N) is 2. The molecule has 12 heavy (non-hydrogen) atoms. The van der Waals surface area contributed by atoms with Gasteiger partial charge in [0.05, 0.1) is 6.61 Å². The zero-order chi connectivity index (χ0) is 9.45. The third-order valence-electron chi connectivity index (χ3n) is 1.48. The molecule has 0 aromatic rings. The molecule has 0 aliphatic carbocycles. The quantitative estimate of drug-likeness (QED) is 0.469. The van der Waals surface area contributed by atoms with E-state index in [0.717, 1.165) is 6.54 Å². The van der Waals surface area contributed by atoms with Gasteiger partial charge in [0.1, 0.15) is 0 Å². The third-order valence-corrected chi connectivity index (χ3v) is 3.69. The lowest BCUT2D eigenvalue weighted by Gasteiger charge is -2.16. The van der Waals surface area contributed by atoms with Crippen LogP contribution in [-0.4, -0.2) is 32.9 Å². The summed E-state index contributed by atoms with van der Waals surface area (Å²) in [6, 6.07) is 0. The molecule has 0 spiro atoms. The fourth-order valence-corrected chi connectivity index (χ4v) is 2.18. The molecule has 0 fully saturated rings. The van der Waals surface area contributed by atoms with Crippen molar-refractivity contribution in [2.24, 2.45) is 0 Å². The van der Waals surface area contributed by atoms with Gasteiger partial charge in [0.25, 0.3) is 7.52 Å². The summed E-state index contributed by atoms with van der Waals surface area (Å²) in [5.41, 5.74) is 0. The van der Waals surface area contributed by atoms with E-state index in [4.69, 9.17) is 4.52 Å². The first-order valence-corrected chi connectivity index (χ1v) is 6.12. The Bertz CT molecular complexity index is 152. The molecular formula is C7H19N2O2P. The van der Waals surface area contributed by atoms with E-state index in [1.165, 1.54) is 0 Å². The topological polar surface area (TPSA) is 50.4 Å². The fraction of sp³-hybridized carbons (Fsp3) is 1.00. The van der Waals surface area contributed by atoms with E-state index < -0.39 is 7.52 Å². The molecule has 5 heteroatoms. The van der Waals surface area contributed by atoms with Gasteiger partial charge in [0, 0.05) is 19.3 Å². The fourth-order valence-electron chi connectivity index (χ4n) is 0.809. The van der Waals surface area contributed by atoms with Crippen LogP contribution >= 0.6 is 7.52 Å². The Morgan fingerprint density at radius 1 is 1.33 bits per heavy atom. The summed E-state index contributed by atoms with van der Waals surface area (Å²) >= 11 is 0. The molecule has 0 saturated heterocycles. The monoisotopic (exact) mass is 194 g/mol. The summed E-state index contributed by atoms with van der Waals surface area (Å²) in [6.07, 6.45) is 0.546. The Balaban J connectivity index is 3.72. The first-order valence-electron chi connectivity index (χ1n) is 4.31. The van der Waals surface area contributed by atoms with Crippen molar-refractivity contribution >= 4 is 7.52 Å². The predicted octanol–water partition coefficient (Wildman–Crippen LogP) is 1.04. The molecule has 0 aliphatic rings. The highest BCUT2D eigenvalue weighted by Gasteiger charge is 2.17. The normalized spacial score (nSPS) is 15.9. The average Bonchev–Trinajstić information content (AvgIpc) is 2.06. The Kier molecular flexibility index (Phi) is 6.67. The van der Waals surface area contributed by atoms with E-state index in [-0.39, 0.29) is 0 Å². The Labute approximate surface area is 74.6 Å². The SMILES string of the molecule is CCOP(=O)(CC)NCCNC. The van der Waals surface area contributed by atoms with Gasteiger partial charge in [-0.25, -0.2) is 5.09 Å². The first-order chi connectivity index (χ1) is 5.68. The largest absolute Gasteiger partial charge is 0.318 e. The van der Waals surface area contributed by atoms with Gasteiger partial charge >= 0.3 is 0 Å². The first kappa shape index (κ1) is 12.1. The Morgan fingerprint density at radius 3 is 2.42 bits per heavy atom. The molecule has 1 unspecified atom stereocenters. The summed E-state index contributed by atoms with van der Waals surface area (Å²) in [6.45, 7) is 5.70. The maximum atomic E-state index is 11.7. The van der Waals surface area contributed by atoms with Gasteiger partial charge in [-0.2, -0.15) is 0 Å². The molecule has 74 valence electrons. The number of rotatable bonds is 7. The van der Waals surface area contributed by atoms with Crippen molar-refractivity contribution in [1.29, 1.82) is 0 Å². The van der Waals surface area contributed by atoms with Crippen LogP contribution in [0.4, 0.5) is 0 Å². The molecule has 0 aliphatic heterocycles. The lowest BCUT2D eigenvalue weighted by atomic mass is 10.7. The van der Waals surface area contributed by atoms with E-state index in [2.05, 4.69) is 10.4 Å². The van der Waals surface area contributed by atoms with Crippen LogP contribution in [0.5, 0.6) is 0 Å². The molecule has 0 rings (SSSR count). The highest BCUT2D eigenvalue weighted by Crippen LogP contribution is 2.40. The smallest absolute Gasteiger partial charge is 0.269 e. The van der Waals surface area contributed by atoms with Crippen molar-refractivity contribution in [3.63, 3.8) is 0 Å². The van der Waals surface area contributed by atoms with Crippen LogP contribution in [0, 0.1) is 0 Å². The molecule has 1 atom stereocenters. The molecule has 4 nitrogen and oxygen atoms in total. The van der Waals surface area contributed by atoms with Crippen LogP contribution in [0.3, 0.4) is 0 Å². The maximum Gasteiger partial charge on any atom is 0.269 e. The summed E-state index contributed by atoms with van der Waals surface area (Å²) in [5, 5.41) is 5.89. The van der Waals surface area contributed by atoms with Gasteiger partial charge in [-0.15, -0.1) is 0 Å². The summed E-state index contributed by atoms with van der Waals surface area (Å²) in [7, 11) is -0.660. The third kappa shape index (κ3) is 4.88. The standard InChI is InChI=1S/C7H19N2O2P/c1-4-11-12(10,5-2)9-7-6-8-3/h8H,4-7H2,1-3H3,(H,9,10). The van der Waals surface area contributed by atoms with E-state index >= 15 is 0 Å². The Hall–Kier alpha value is 0.110. The molecule has 0 heterocycles. The van der Waals surface area contributed by atoms with Crippen molar-refractivity contribution in [2.75, 3.05) is 32.9 Å². The van der Waals surface area contributed by atoms with E-state index in [9.17, 15) is 4.57 Å². The molecule has 0 amide bonds. The minimum absolute atomic E-state index is 0.498. The van der Waals surface area contributed by atoms with Gasteiger partial charge in [0.2, 0.25) is 0 Å². The van der Waals surface area contributed by atoms with Crippen molar-refractivity contribution in [2.45, 2.75) is 13.8 Å². The van der Waals surface area contributed by atoms with Crippen LogP contribution in [0.15, 0.2) is 0 Å². The molecule has 0 aromatic heterocycles. The number of hydrogen-bond acceptors (Lipinski definition) is 3. The lowest BCUT2D eigenvalue weighted by Crippen LogP contribution is -2.24. The molecule has 2 N–H and O–H groups in total. The maximum absolute atomic E-state index is 11.7. The summed E-state index contributed by atoms with van der Waals surface area (Å²) in [4.78, 5) is 0. The van der Waals surface area contributed by atoms with Crippen LogP contribution in [0.1, 0.15) is 13.8 Å². The molecule has 0 saturated carbocycles. The van der Waals surface area contributed by atoms with E-state index in [1.54, 1.807) is 0 Å². The zero-order valence-electron chi connectivity index (χ0n) is 8.09. The summed E-state index contributed by atoms with van der Waals surface area (Å²) < 4.78 is 16.8. The highest BCUT2D eigenvalue weighted by atomic mass is 31.2. The molecular weight excluding hydrogens is 175 g/mol. The predicted molar refractivity (Wildman–Crippen MR) is 51.7 cm³/mol. The highest BCUT2D eigenvalue weighted by molar-refractivity contribution is 7.56. The van der Waals surface area contributed by atoms with Crippen molar-refractivity contribution in [3.8, 4) is 0 Å². The van der Waals surface area contributed by atoms with Crippen LogP contribution < -0.4 is 10.4 Å². The van der Waals surface area contributed by atoms with Crippen molar-refractivity contribution in [3.05, 3.63) is 0 Å². The molecule has 0 aromatic carbocycles. The van der Waals surface area contributed by atoms with Gasteiger partial charge in [-0.05, 0) is 14.0 Å².